The molecular weight excluding hydrogens is 311 g/mol. The van der Waals surface area contributed by atoms with Crippen molar-refractivity contribution in [2.45, 2.75) is 6.92 Å². The number of benzene rings is 2. The zero-order chi connectivity index (χ0) is 14.0. The average molecular weight is 321 g/mol. The van der Waals surface area contributed by atoms with Crippen LogP contribution in [0, 0.1) is 24.1 Å². The summed E-state index contributed by atoms with van der Waals surface area (Å²) in [5, 5.41) is 8.80. The molecule has 96 valence electrons. The first-order valence-corrected chi connectivity index (χ1v) is 6.25. The molecular formula is C14H10BrFN2O. The topological polar surface area (TPSA) is 59.0 Å². The highest BCUT2D eigenvalue weighted by Crippen LogP contribution is 2.33. The third-order valence-corrected chi connectivity index (χ3v) is 3.49. The average Bonchev–Trinajstić information content (AvgIpc) is 2.40. The third-order valence-electron chi connectivity index (χ3n) is 2.71. The van der Waals surface area contributed by atoms with Gasteiger partial charge in [-0.05, 0) is 47.1 Å². The van der Waals surface area contributed by atoms with E-state index < -0.39 is 5.82 Å². The van der Waals surface area contributed by atoms with Gasteiger partial charge in [0, 0.05) is 11.3 Å². The van der Waals surface area contributed by atoms with Crippen molar-refractivity contribution in [1.82, 2.24) is 0 Å². The number of nitriles is 1. The zero-order valence-corrected chi connectivity index (χ0v) is 11.7. The molecule has 0 spiro atoms. The summed E-state index contributed by atoms with van der Waals surface area (Å²) in [5.74, 6) is -0.0871. The Morgan fingerprint density at radius 1 is 1.26 bits per heavy atom. The van der Waals surface area contributed by atoms with Crippen LogP contribution in [0.1, 0.15) is 11.1 Å². The van der Waals surface area contributed by atoms with Crippen molar-refractivity contribution >= 4 is 21.6 Å². The van der Waals surface area contributed by atoms with Crippen molar-refractivity contribution in [3.05, 3.63) is 51.7 Å². The quantitative estimate of drug-likeness (QED) is 0.846. The van der Waals surface area contributed by atoms with Gasteiger partial charge in [-0.3, -0.25) is 0 Å². The van der Waals surface area contributed by atoms with Gasteiger partial charge in [0.05, 0.1) is 10.0 Å². The molecule has 0 bridgehead atoms. The molecule has 0 fully saturated rings. The number of ether oxygens (including phenoxy) is 1. The maximum atomic E-state index is 14.0. The Labute approximate surface area is 118 Å². The Balaban J connectivity index is 2.43. The number of anilines is 1. The van der Waals surface area contributed by atoms with Crippen LogP contribution < -0.4 is 10.5 Å². The lowest BCUT2D eigenvalue weighted by atomic mass is 10.2. The van der Waals surface area contributed by atoms with Crippen molar-refractivity contribution in [2.24, 2.45) is 0 Å². The Hall–Kier alpha value is -2.06. The van der Waals surface area contributed by atoms with Crippen molar-refractivity contribution in [2.75, 3.05) is 5.73 Å². The lowest BCUT2D eigenvalue weighted by Gasteiger charge is -2.11. The maximum Gasteiger partial charge on any atom is 0.181 e. The van der Waals surface area contributed by atoms with Crippen LogP contribution in [-0.2, 0) is 0 Å². The Morgan fingerprint density at radius 3 is 2.68 bits per heavy atom. The minimum Gasteiger partial charge on any atom is -0.454 e. The number of rotatable bonds is 2. The van der Waals surface area contributed by atoms with Gasteiger partial charge < -0.3 is 10.5 Å². The molecule has 3 nitrogen and oxygen atoms in total. The lowest BCUT2D eigenvalue weighted by Crippen LogP contribution is -1.96. The molecule has 0 aliphatic rings. The fourth-order valence-corrected chi connectivity index (χ4v) is 1.97. The molecule has 0 radical (unpaired) electrons. The lowest BCUT2D eigenvalue weighted by molar-refractivity contribution is 0.438. The van der Waals surface area contributed by atoms with E-state index in [-0.39, 0.29) is 15.8 Å². The standard InChI is InChI=1S/C14H10BrFN2O/c1-8-10(18)3-2-4-11(8)19-12-6-5-9(7-17)13(15)14(12)16/h2-6H,18H2,1H3. The first kappa shape index (κ1) is 13.4. The summed E-state index contributed by atoms with van der Waals surface area (Å²) in [6.45, 7) is 1.79. The fourth-order valence-electron chi connectivity index (χ4n) is 1.56. The van der Waals surface area contributed by atoms with Gasteiger partial charge in [-0.25, -0.2) is 4.39 Å². The summed E-state index contributed by atoms with van der Waals surface area (Å²) in [6, 6.07) is 9.97. The molecule has 5 heteroatoms. The predicted octanol–water partition coefficient (Wildman–Crippen LogP) is 4.14. The molecule has 0 saturated carbocycles. The van der Waals surface area contributed by atoms with Crippen LogP contribution >= 0.6 is 15.9 Å². The van der Waals surface area contributed by atoms with Gasteiger partial charge in [0.15, 0.2) is 11.6 Å². The van der Waals surface area contributed by atoms with E-state index in [1.165, 1.54) is 12.1 Å². The summed E-state index contributed by atoms with van der Waals surface area (Å²) >= 11 is 3.04. The molecule has 19 heavy (non-hydrogen) atoms. The normalized spacial score (nSPS) is 10.0. The van der Waals surface area contributed by atoms with Crippen molar-refractivity contribution in [1.29, 1.82) is 5.26 Å². The fraction of sp³-hybridized carbons (Fsp3) is 0.0714. The molecule has 0 aliphatic carbocycles. The third kappa shape index (κ3) is 2.54. The molecule has 0 atom stereocenters. The van der Waals surface area contributed by atoms with Gasteiger partial charge in [-0.2, -0.15) is 5.26 Å². The van der Waals surface area contributed by atoms with Crippen molar-refractivity contribution in [3.63, 3.8) is 0 Å². The van der Waals surface area contributed by atoms with Gasteiger partial charge in [0.2, 0.25) is 0 Å². The van der Waals surface area contributed by atoms with E-state index >= 15 is 0 Å². The molecule has 0 amide bonds. The summed E-state index contributed by atoms with van der Waals surface area (Å²) < 4.78 is 19.6. The second-order valence-corrected chi connectivity index (χ2v) is 4.72. The van der Waals surface area contributed by atoms with Crippen LogP contribution in [0.2, 0.25) is 0 Å². The van der Waals surface area contributed by atoms with Gasteiger partial charge in [0.25, 0.3) is 0 Å². The summed E-state index contributed by atoms with van der Waals surface area (Å²) in [5.41, 5.74) is 7.29. The van der Waals surface area contributed by atoms with E-state index in [9.17, 15) is 4.39 Å². The van der Waals surface area contributed by atoms with E-state index in [1.807, 2.05) is 6.07 Å². The molecule has 0 aliphatic heterocycles. The number of nitrogens with zero attached hydrogens (tertiary/aromatic N) is 1. The first-order chi connectivity index (χ1) is 9.04. The smallest absolute Gasteiger partial charge is 0.181 e. The SMILES string of the molecule is Cc1c(N)cccc1Oc1ccc(C#N)c(Br)c1F. The highest BCUT2D eigenvalue weighted by atomic mass is 79.9. The Morgan fingerprint density at radius 2 is 2.00 bits per heavy atom. The number of hydrogen-bond acceptors (Lipinski definition) is 3. The van der Waals surface area contributed by atoms with Crippen molar-refractivity contribution in [3.8, 4) is 17.6 Å². The highest BCUT2D eigenvalue weighted by Gasteiger charge is 2.14. The summed E-state index contributed by atoms with van der Waals surface area (Å²) in [6.07, 6.45) is 0. The van der Waals surface area contributed by atoms with E-state index in [0.717, 1.165) is 5.56 Å². The van der Waals surface area contributed by atoms with Crippen LogP contribution in [0.25, 0.3) is 0 Å². The summed E-state index contributed by atoms with van der Waals surface area (Å²) in [4.78, 5) is 0. The van der Waals surface area contributed by atoms with Crippen molar-refractivity contribution < 1.29 is 9.13 Å². The van der Waals surface area contributed by atoms with Crippen LogP contribution in [-0.4, -0.2) is 0 Å². The number of hydrogen-bond donors (Lipinski definition) is 1. The van der Waals surface area contributed by atoms with Crippen LogP contribution in [0.3, 0.4) is 0 Å². The minimum absolute atomic E-state index is 0.0413. The highest BCUT2D eigenvalue weighted by molar-refractivity contribution is 9.10. The molecule has 2 N–H and O–H groups in total. The first-order valence-electron chi connectivity index (χ1n) is 5.45. The second-order valence-electron chi connectivity index (χ2n) is 3.92. The molecule has 0 unspecified atom stereocenters. The predicted molar refractivity (Wildman–Crippen MR) is 74.5 cm³/mol. The second kappa shape index (κ2) is 5.29. The molecule has 2 aromatic rings. The van der Waals surface area contributed by atoms with Crippen LogP contribution in [0.15, 0.2) is 34.8 Å². The summed E-state index contributed by atoms with van der Waals surface area (Å²) in [7, 11) is 0. The minimum atomic E-state index is -0.610. The number of halogens is 2. The van der Waals surface area contributed by atoms with E-state index in [0.29, 0.717) is 11.4 Å². The van der Waals surface area contributed by atoms with Gasteiger partial charge in [0.1, 0.15) is 11.8 Å². The van der Waals surface area contributed by atoms with Gasteiger partial charge in [-0.1, -0.05) is 6.07 Å². The largest absolute Gasteiger partial charge is 0.454 e. The Kier molecular flexibility index (Phi) is 3.72. The van der Waals surface area contributed by atoms with Gasteiger partial charge in [-0.15, -0.1) is 0 Å². The molecule has 0 saturated heterocycles. The maximum absolute atomic E-state index is 14.0. The molecule has 0 aromatic heterocycles. The molecule has 2 rings (SSSR count). The number of nitrogens with two attached hydrogens (primary N) is 1. The van der Waals surface area contributed by atoms with E-state index in [1.54, 1.807) is 25.1 Å². The zero-order valence-electron chi connectivity index (χ0n) is 10.1. The Bertz CT molecular complexity index is 680. The van der Waals surface area contributed by atoms with Crippen LogP contribution in [0.4, 0.5) is 10.1 Å². The molecule has 2 aromatic carbocycles. The molecule has 0 heterocycles. The number of nitrogen functional groups attached to an aromatic ring is 1. The van der Waals surface area contributed by atoms with Crippen LogP contribution in [0.5, 0.6) is 11.5 Å². The monoisotopic (exact) mass is 320 g/mol. The van der Waals surface area contributed by atoms with E-state index in [2.05, 4.69) is 15.9 Å². The van der Waals surface area contributed by atoms with Gasteiger partial charge >= 0.3 is 0 Å². The van der Waals surface area contributed by atoms with E-state index in [4.69, 9.17) is 15.7 Å².